The van der Waals surface area contributed by atoms with Crippen LogP contribution in [0, 0.1) is 0 Å². The first-order valence-electron chi connectivity index (χ1n) is 5.67. The van der Waals surface area contributed by atoms with E-state index < -0.39 is 0 Å². The summed E-state index contributed by atoms with van der Waals surface area (Å²) >= 11 is 0. The summed E-state index contributed by atoms with van der Waals surface area (Å²) in [6.07, 6.45) is 3.93. The van der Waals surface area contributed by atoms with Gasteiger partial charge in [-0.2, -0.15) is 0 Å². The first-order chi connectivity index (χ1) is 7.83. The summed E-state index contributed by atoms with van der Waals surface area (Å²) in [5.74, 6) is 1.49. The van der Waals surface area contributed by atoms with E-state index in [1.54, 1.807) is 7.11 Å². The third-order valence-corrected chi connectivity index (χ3v) is 3.27. The fraction of sp³-hybridized carbons (Fsp3) is 0.462. The highest BCUT2D eigenvalue weighted by Crippen LogP contribution is 2.32. The van der Waals surface area contributed by atoms with Gasteiger partial charge < -0.3 is 9.94 Å². The number of nitrogens with zero attached hydrogens (tertiary/aromatic N) is 1. The third kappa shape index (κ3) is 2.35. The monoisotopic (exact) mass is 219 g/mol. The maximum Gasteiger partial charge on any atom is 0.119 e. The zero-order valence-electron chi connectivity index (χ0n) is 9.52. The lowest BCUT2D eigenvalue weighted by Gasteiger charge is -2.22. The largest absolute Gasteiger partial charge is 0.497 e. The van der Waals surface area contributed by atoms with Gasteiger partial charge in [-0.1, -0.05) is 17.3 Å². The van der Waals surface area contributed by atoms with Crippen LogP contribution in [0.2, 0.25) is 0 Å². The standard InChI is InChI=1S/C13H17NO2/c1-16-13-4-2-3-11(9-13)10-5-7-12(14-15)8-6-10/h2-4,9-10,15H,5-8H2,1H3. The number of hydrogen-bond donors (Lipinski definition) is 1. The van der Waals surface area contributed by atoms with E-state index in [0.29, 0.717) is 5.92 Å². The van der Waals surface area contributed by atoms with E-state index in [9.17, 15) is 0 Å². The van der Waals surface area contributed by atoms with Crippen LogP contribution >= 0.6 is 0 Å². The SMILES string of the molecule is COc1cccc(C2CCC(=NO)CC2)c1. The van der Waals surface area contributed by atoms with Crippen molar-refractivity contribution in [2.75, 3.05) is 7.11 Å². The summed E-state index contributed by atoms with van der Waals surface area (Å²) in [5, 5.41) is 12.0. The molecule has 1 aliphatic rings. The van der Waals surface area contributed by atoms with Crippen LogP contribution in [-0.4, -0.2) is 18.0 Å². The van der Waals surface area contributed by atoms with Gasteiger partial charge in [0, 0.05) is 0 Å². The molecule has 0 unspecified atom stereocenters. The minimum Gasteiger partial charge on any atom is -0.497 e. The molecule has 0 aliphatic heterocycles. The van der Waals surface area contributed by atoms with Crippen LogP contribution in [0.5, 0.6) is 5.75 Å². The summed E-state index contributed by atoms with van der Waals surface area (Å²) in [7, 11) is 1.69. The minimum absolute atomic E-state index is 0.570. The quantitative estimate of drug-likeness (QED) is 0.613. The lowest BCUT2D eigenvalue weighted by Crippen LogP contribution is -2.12. The van der Waals surface area contributed by atoms with Gasteiger partial charge in [0.25, 0.3) is 0 Å². The molecule has 0 saturated heterocycles. The fourth-order valence-electron chi connectivity index (χ4n) is 2.28. The molecule has 1 fully saturated rings. The predicted molar refractivity (Wildman–Crippen MR) is 63.4 cm³/mol. The van der Waals surface area contributed by atoms with Crippen molar-refractivity contribution in [1.29, 1.82) is 0 Å². The first-order valence-corrected chi connectivity index (χ1v) is 5.67. The Kier molecular flexibility index (Phi) is 3.44. The summed E-state index contributed by atoms with van der Waals surface area (Å²) in [6.45, 7) is 0. The summed E-state index contributed by atoms with van der Waals surface area (Å²) < 4.78 is 5.22. The van der Waals surface area contributed by atoms with Crippen LogP contribution in [0.15, 0.2) is 29.4 Å². The second kappa shape index (κ2) is 5.01. The van der Waals surface area contributed by atoms with Gasteiger partial charge in [-0.05, 0) is 49.3 Å². The van der Waals surface area contributed by atoms with Gasteiger partial charge in [-0.25, -0.2) is 0 Å². The molecular weight excluding hydrogens is 202 g/mol. The van der Waals surface area contributed by atoms with E-state index in [2.05, 4.69) is 17.3 Å². The maximum absolute atomic E-state index is 8.70. The van der Waals surface area contributed by atoms with Gasteiger partial charge in [0.05, 0.1) is 12.8 Å². The van der Waals surface area contributed by atoms with E-state index >= 15 is 0 Å². The highest BCUT2D eigenvalue weighted by atomic mass is 16.5. The fourth-order valence-corrected chi connectivity index (χ4v) is 2.28. The molecule has 0 spiro atoms. The maximum atomic E-state index is 8.70. The Morgan fingerprint density at radius 1 is 1.31 bits per heavy atom. The number of benzene rings is 1. The minimum atomic E-state index is 0.570. The van der Waals surface area contributed by atoms with Crippen LogP contribution in [0.1, 0.15) is 37.2 Å². The van der Waals surface area contributed by atoms with Crippen molar-refractivity contribution in [1.82, 2.24) is 0 Å². The average Bonchev–Trinajstić information content (AvgIpc) is 2.39. The van der Waals surface area contributed by atoms with E-state index in [1.807, 2.05) is 12.1 Å². The van der Waals surface area contributed by atoms with Crippen LogP contribution < -0.4 is 4.74 Å². The molecule has 1 aliphatic carbocycles. The highest BCUT2D eigenvalue weighted by molar-refractivity contribution is 5.84. The molecule has 86 valence electrons. The zero-order valence-corrected chi connectivity index (χ0v) is 9.52. The molecule has 0 heterocycles. The van der Waals surface area contributed by atoms with Crippen molar-refractivity contribution < 1.29 is 9.94 Å². The van der Waals surface area contributed by atoms with E-state index in [1.165, 1.54) is 5.56 Å². The molecule has 1 aromatic rings. The molecule has 16 heavy (non-hydrogen) atoms. The predicted octanol–water partition coefficient (Wildman–Crippen LogP) is 3.18. The molecule has 0 radical (unpaired) electrons. The summed E-state index contributed by atoms with van der Waals surface area (Å²) in [4.78, 5) is 0. The van der Waals surface area contributed by atoms with Gasteiger partial charge >= 0.3 is 0 Å². The average molecular weight is 219 g/mol. The molecule has 3 heteroatoms. The number of rotatable bonds is 2. The lowest BCUT2D eigenvalue weighted by molar-refractivity contribution is 0.313. The molecule has 0 bridgehead atoms. The van der Waals surface area contributed by atoms with Crippen molar-refractivity contribution in [2.45, 2.75) is 31.6 Å². The molecule has 0 atom stereocenters. The molecule has 2 rings (SSSR count). The van der Waals surface area contributed by atoms with Crippen molar-refractivity contribution in [3.05, 3.63) is 29.8 Å². The molecule has 3 nitrogen and oxygen atoms in total. The first kappa shape index (κ1) is 11.0. The zero-order chi connectivity index (χ0) is 11.4. The van der Waals surface area contributed by atoms with Crippen LogP contribution in [-0.2, 0) is 0 Å². The third-order valence-electron chi connectivity index (χ3n) is 3.27. The van der Waals surface area contributed by atoms with E-state index in [-0.39, 0.29) is 0 Å². The van der Waals surface area contributed by atoms with Crippen molar-refractivity contribution >= 4 is 5.71 Å². The normalized spacial score (nSPS) is 20.6. The Hall–Kier alpha value is -1.51. The Morgan fingerprint density at radius 2 is 2.06 bits per heavy atom. The van der Waals surface area contributed by atoms with Gasteiger partial charge in [-0.3, -0.25) is 0 Å². The van der Waals surface area contributed by atoms with Crippen molar-refractivity contribution in [3.63, 3.8) is 0 Å². The number of ether oxygens (including phenoxy) is 1. The molecule has 1 aromatic carbocycles. The van der Waals surface area contributed by atoms with Gasteiger partial charge in [0.15, 0.2) is 0 Å². The second-order valence-electron chi connectivity index (χ2n) is 4.22. The van der Waals surface area contributed by atoms with Gasteiger partial charge in [0.2, 0.25) is 0 Å². The Bertz CT molecular complexity index is 377. The number of oxime groups is 1. The second-order valence-corrected chi connectivity index (χ2v) is 4.22. The summed E-state index contributed by atoms with van der Waals surface area (Å²) in [5.41, 5.74) is 2.26. The number of methoxy groups -OCH3 is 1. The van der Waals surface area contributed by atoms with E-state index in [4.69, 9.17) is 9.94 Å². The van der Waals surface area contributed by atoms with Gasteiger partial charge in [-0.15, -0.1) is 0 Å². The summed E-state index contributed by atoms with van der Waals surface area (Å²) in [6, 6.07) is 8.25. The molecular formula is C13H17NO2. The van der Waals surface area contributed by atoms with Crippen molar-refractivity contribution in [2.24, 2.45) is 5.16 Å². The molecule has 1 saturated carbocycles. The lowest BCUT2D eigenvalue weighted by atomic mass is 9.83. The highest BCUT2D eigenvalue weighted by Gasteiger charge is 2.19. The van der Waals surface area contributed by atoms with Crippen LogP contribution in [0.4, 0.5) is 0 Å². The molecule has 1 N–H and O–H groups in total. The molecule has 0 amide bonds. The van der Waals surface area contributed by atoms with Crippen LogP contribution in [0.3, 0.4) is 0 Å². The topological polar surface area (TPSA) is 41.8 Å². The van der Waals surface area contributed by atoms with Gasteiger partial charge in [0.1, 0.15) is 5.75 Å². The van der Waals surface area contributed by atoms with E-state index in [0.717, 1.165) is 37.1 Å². The smallest absolute Gasteiger partial charge is 0.119 e. The van der Waals surface area contributed by atoms with Crippen LogP contribution in [0.25, 0.3) is 0 Å². The Morgan fingerprint density at radius 3 is 2.69 bits per heavy atom. The molecule has 0 aromatic heterocycles. The van der Waals surface area contributed by atoms with Crippen molar-refractivity contribution in [3.8, 4) is 5.75 Å². The number of hydrogen-bond acceptors (Lipinski definition) is 3. The Balaban J connectivity index is 2.07. The Labute approximate surface area is 95.7 Å².